The molecule has 0 saturated carbocycles. The number of carbonyl (C=O) groups is 3. The van der Waals surface area contributed by atoms with Crippen LogP contribution in [0.2, 0.25) is 0 Å². The van der Waals surface area contributed by atoms with E-state index in [1.807, 2.05) is 0 Å². The number of rotatable bonds is 4. The molecular formula is C14H24N2O5. The topological polar surface area (TPSA) is 87.2 Å². The van der Waals surface area contributed by atoms with Crippen LogP contribution >= 0.6 is 0 Å². The number of carboxylic acid groups (broad SMARTS) is 1. The fourth-order valence-electron chi connectivity index (χ4n) is 2.58. The smallest absolute Gasteiger partial charge is 0.329 e. The zero-order valence-corrected chi connectivity index (χ0v) is 13.1. The lowest BCUT2D eigenvalue weighted by molar-refractivity contribution is -0.149. The highest BCUT2D eigenvalue weighted by atomic mass is 16.5. The van der Waals surface area contributed by atoms with E-state index in [0.29, 0.717) is 13.0 Å². The molecule has 7 nitrogen and oxygen atoms in total. The van der Waals surface area contributed by atoms with Crippen LogP contribution < -0.4 is 0 Å². The molecule has 1 N–H and O–H groups in total. The predicted octanol–water partition coefficient (Wildman–Crippen LogP) is 1.32. The van der Waals surface area contributed by atoms with Gasteiger partial charge in [-0.1, -0.05) is 0 Å². The molecule has 120 valence electrons. The second-order valence-electron chi connectivity index (χ2n) is 5.62. The number of amides is 2. The Labute approximate surface area is 124 Å². The monoisotopic (exact) mass is 300 g/mol. The van der Waals surface area contributed by atoms with Gasteiger partial charge in [-0.25, -0.2) is 14.4 Å². The normalized spacial score (nSPS) is 19.0. The quantitative estimate of drug-likeness (QED) is 0.791. The van der Waals surface area contributed by atoms with Gasteiger partial charge in [-0.2, -0.15) is 0 Å². The van der Waals surface area contributed by atoms with E-state index in [0.717, 1.165) is 12.8 Å². The summed E-state index contributed by atoms with van der Waals surface area (Å²) in [6, 6.07) is -1.06. The Balaban J connectivity index is 3.02. The van der Waals surface area contributed by atoms with Gasteiger partial charge in [-0.15, -0.1) is 0 Å². The molecule has 1 aliphatic rings. The maximum atomic E-state index is 12.7. The van der Waals surface area contributed by atoms with Gasteiger partial charge >= 0.3 is 18.0 Å². The van der Waals surface area contributed by atoms with Crippen LogP contribution in [0.15, 0.2) is 0 Å². The van der Waals surface area contributed by atoms with E-state index in [1.54, 1.807) is 6.92 Å². The molecule has 0 radical (unpaired) electrons. The van der Waals surface area contributed by atoms with Crippen molar-refractivity contribution in [2.75, 3.05) is 20.2 Å². The number of ether oxygens (including phenoxy) is 1. The number of aliphatic carboxylic acids is 1. The van der Waals surface area contributed by atoms with Crippen molar-refractivity contribution in [1.82, 2.24) is 9.80 Å². The third-order valence-corrected chi connectivity index (χ3v) is 3.97. The van der Waals surface area contributed by atoms with E-state index in [2.05, 4.69) is 0 Å². The summed E-state index contributed by atoms with van der Waals surface area (Å²) in [6.45, 7) is 5.37. The van der Waals surface area contributed by atoms with Gasteiger partial charge in [0.25, 0.3) is 0 Å². The minimum Gasteiger partial charge on any atom is -0.480 e. The van der Waals surface area contributed by atoms with Crippen molar-refractivity contribution in [3.05, 3.63) is 0 Å². The number of esters is 1. The Morgan fingerprint density at radius 2 is 1.95 bits per heavy atom. The Kier molecular flexibility index (Phi) is 5.57. The van der Waals surface area contributed by atoms with Crippen LogP contribution in [-0.2, 0) is 14.3 Å². The molecule has 0 aromatic rings. The summed E-state index contributed by atoms with van der Waals surface area (Å²) >= 11 is 0. The first-order valence-electron chi connectivity index (χ1n) is 7.16. The molecular weight excluding hydrogens is 276 g/mol. The van der Waals surface area contributed by atoms with Crippen molar-refractivity contribution in [3.63, 3.8) is 0 Å². The van der Waals surface area contributed by atoms with Crippen LogP contribution in [0.25, 0.3) is 0 Å². The summed E-state index contributed by atoms with van der Waals surface area (Å²) in [5.41, 5.74) is -1.33. The third kappa shape index (κ3) is 3.46. The highest BCUT2D eigenvalue weighted by Gasteiger charge is 2.42. The minimum absolute atomic E-state index is 0.253. The molecule has 0 aromatic heterocycles. The lowest BCUT2D eigenvalue weighted by Gasteiger charge is -2.41. The average Bonchev–Trinajstić information content (AvgIpc) is 2.46. The lowest BCUT2D eigenvalue weighted by atomic mass is 10.0. The van der Waals surface area contributed by atoms with Crippen LogP contribution in [0.3, 0.4) is 0 Å². The van der Waals surface area contributed by atoms with Gasteiger partial charge in [-0.3, -0.25) is 0 Å². The van der Waals surface area contributed by atoms with Crippen LogP contribution in [-0.4, -0.2) is 64.7 Å². The fraction of sp³-hybridized carbons (Fsp3) is 0.786. The molecule has 1 aliphatic heterocycles. The van der Waals surface area contributed by atoms with Gasteiger partial charge in [0.1, 0.15) is 11.6 Å². The number of methoxy groups -OCH3 is 1. The van der Waals surface area contributed by atoms with E-state index in [-0.39, 0.29) is 6.54 Å². The Morgan fingerprint density at radius 3 is 2.43 bits per heavy atom. The van der Waals surface area contributed by atoms with E-state index in [9.17, 15) is 19.5 Å². The Bertz CT molecular complexity index is 422. The van der Waals surface area contributed by atoms with Crippen LogP contribution in [0.4, 0.5) is 4.79 Å². The van der Waals surface area contributed by atoms with Crippen molar-refractivity contribution in [1.29, 1.82) is 0 Å². The molecule has 7 heteroatoms. The molecule has 1 rings (SSSR count). The average molecular weight is 300 g/mol. The molecule has 0 aromatic carbocycles. The molecule has 1 fully saturated rings. The Morgan fingerprint density at radius 1 is 1.33 bits per heavy atom. The standard InChI is InChI=1S/C14H24N2O5/c1-5-16(14(2,3)12(18)19)13(20)15-9-7-6-8-10(15)11(17)21-4/h10H,5-9H2,1-4H3,(H,18,19). The SMILES string of the molecule is CCN(C(=O)N1CCCCC1C(=O)OC)C(C)(C)C(=O)O. The van der Waals surface area contributed by atoms with Gasteiger partial charge in [0.2, 0.25) is 0 Å². The Hall–Kier alpha value is -1.79. The lowest BCUT2D eigenvalue weighted by Crippen LogP contribution is -2.60. The van der Waals surface area contributed by atoms with Crippen molar-refractivity contribution in [3.8, 4) is 0 Å². The van der Waals surface area contributed by atoms with Gasteiger partial charge in [0.05, 0.1) is 7.11 Å². The largest absolute Gasteiger partial charge is 0.480 e. The van der Waals surface area contributed by atoms with Crippen molar-refractivity contribution in [2.45, 2.75) is 51.6 Å². The number of likely N-dealkylation sites (N-methyl/N-ethyl adjacent to an activating group) is 1. The maximum Gasteiger partial charge on any atom is 0.329 e. The second kappa shape index (κ2) is 6.78. The summed E-state index contributed by atoms with van der Waals surface area (Å²) in [5, 5.41) is 9.31. The van der Waals surface area contributed by atoms with Gasteiger partial charge in [0, 0.05) is 13.1 Å². The summed E-state index contributed by atoms with van der Waals surface area (Å²) < 4.78 is 4.75. The molecule has 0 bridgehead atoms. The van der Waals surface area contributed by atoms with Gasteiger partial charge < -0.3 is 19.6 Å². The molecule has 1 saturated heterocycles. The number of hydrogen-bond acceptors (Lipinski definition) is 4. The molecule has 0 spiro atoms. The van der Waals surface area contributed by atoms with E-state index in [1.165, 1.54) is 30.8 Å². The highest BCUT2D eigenvalue weighted by molar-refractivity contribution is 5.88. The number of piperidine rings is 1. The molecule has 1 unspecified atom stereocenters. The number of carboxylic acids is 1. The summed E-state index contributed by atoms with van der Waals surface area (Å²) in [4.78, 5) is 38.6. The van der Waals surface area contributed by atoms with Gasteiger partial charge in [-0.05, 0) is 40.0 Å². The fourth-order valence-corrected chi connectivity index (χ4v) is 2.58. The minimum atomic E-state index is -1.33. The number of hydrogen-bond donors (Lipinski definition) is 1. The number of urea groups is 1. The summed E-state index contributed by atoms with van der Waals surface area (Å²) in [6.07, 6.45) is 2.19. The molecule has 1 heterocycles. The van der Waals surface area contributed by atoms with Crippen LogP contribution in [0.5, 0.6) is 0 Å². The van der Waals surface area contributed by atoms with Crippen LogP contribution in [0.1, 0.15) is 40.0 Å². The predicted molar refractivity (Wildman–Crippen MR) is 75.9 cm³/mol. The van der Waals surface area contributed by atoms with Gasteiger partial charge in [0.15, 0.2) is 0 Å². The van der Waals surface area contributed by atoms with Crippen molar-refractivity contribution in [2.24, 2.45) is 0 Å². The summed E-state index contributed by atoms with van der Waals surface area (Å²) in [5.74, 6) is -1.53. The van der Waals surface area contributed by atoms with Crippen molar-refractivity contribution < 1.29 is 24.2 Å². The zero-order chi connectivity index (χ0) is 16.2. The zero-order valence-electron chi connectivity index (χ0n) is 13.1. The highest BCUT2D eigenvalue weighted by Crippen LogP contribution is 2.23. The van der Waals surface area contributed by atoms with E-state index < -0.39 is 29.6 Å². The van der Waals surface area contributed by atoms with E-state index in [4.69, 9.17) is 4.74 Å². The van der Waals surface area contributed by atoms with E-state index >= 15 is 0 Å². The van der Waals surface area contributed by atoms with Crippen LogP contribution in [0, 0.1) is 0 Å². The first kappa shape index (κ1) is 17.3. The summed E-state index contributed by atoms with van der Waals surface area (Å²) in [7, 11) is 1.29. The maximum absolute atomic E-state index is 12.7. The first-order valence-corrected chi connectivity index (χ1v) is 7.16. The number of likely N-dealkylation sites (tertiary alicyclic amines) is 1. The number of carbonyl (C=O) groups excluding carboxylic acids is 2. The third-order valence-electron chi connectivity index (χ3n) is 3.97. The first-order chi connectivity index (χ1) is 9.77. The molecule has 1 atom stereocenters. The second-order valence-corrected chi connectivity index (χ2v) is 5.62. The molecule has 0 aliphatic carbocycles. The van der Waals surface area contributed by atoms with Crippen molar-refractivity contribution >= 4 is 18.0 Å². The number of nitrogens with zero attached hydrogens (tertiary/aromatic N) is 2. The molecule has 21 heavy (non-hydrogen) atoms. The molecule has 2 amide bonds.